The summed E-state index contributed by atoms with van der Waals surface area (Å²) in [6.07, 6.45) is 5.69. The zero-order chi connectivity index (χ0) is 15.5. The highest BCUT2D eigenvalue weighted by atomic mass is 35.5. The number of anilines is 2. The van der Waals surface area contributed by atoms with Crippen LogP contribution in [-0.4, -0.2) is 17.9 Å². The summed E-state index contributed by atoms with van der Waals surface area (Å²) in [6, 6.07) is 7.43. The van der Waals surface area contributed by atoms with Crippen molar-refractivity contribution >= 4 is 35.6 Å². The van der Waals surface area contributed by atoms with Gasteiger partial charge in [-0.1, -0.05) is 6.42 Å². The second kappa shape index (κ2) is 7.79. The third-order valence-electron chi connectivity index (χ3n) is 4.45. The first-order valence-electron chi connectivity index (χ1n) is 8.09. The minimum absolute atomic E-state index is 0. The first-order valence-corrected chi connectivity index (χ1v) is 8.09. The van der Waals surface area contributed by atoms with Gasteiger partial charge in [-0.15, -0.1) is 12.4 Å². The lowest BCUT2D eigenvalue weighted by molar-refractivity contribution is -0.121. The standard InChI is InChI=1S/C17H23N3O2.ClH/c18-13-3-1-2-12(10-13)17(22)20-15-8-6-14(7-9-15)19-16(21)11-4-5-11;/h6-9,11-13H,1-5,10,18H2,(H,19,21)(H,20,22);1H. The van der Waals surface area contributed by atoms with Gasteiger partial charge < -0.3 is 16.4 Å². The van der Waals surface area contributed by atoms with E-state index >= 15 is 0 Å². The molecule has 0 aromatic heterocycles. The highest BCUT2D eigenvalue weighted by Crippen LogP contribution is 2.30. The van der Waals surface area contributed by atoms with Crippen molar-refractivity contribution < 1.29 is 9.59 Å². The molecule has 126 valence electrons. The van der Waals surface area contributed by atoms with E-state index in [4.69, 9.17) is 5.73 Å². The fourth-order valence-corrected chi connectivity index (χ4v) is 2.94. The van der Waals surface area contributed by atoms with Crippen molar-refractivity contribution in [2.75, 3.05) is 10.6 Å². The smallest absolute Gasteiger partial charge is 0.227 e. The number of hydrogen-bond donors (Lipinski definition) is 3. The fourth-order valence-electron chi connectivity index (χ4n) is 2.94. The maximum Gasteiger partial charge on any atom is 0.227 e. The monoisotopic (exact) mass is 337 g/mol. The summed E-state index contributed by atoms with van der Waals surface area (Å²) in [4.78, 5) is 23.9. The molecule has 23 heavy (non-hydrogen) atoms. The van der Waals surface area contributed by atoms with Gasteiger partial charge in [-0.25, -0.2) is 0 Å². The average Bonchev–Trinajstić information content (AvgIpc) is 3.34. The summed E-state index contributed by atoms with van der Waals surface area (Å²) in [5, 5.41) is 5.83. The fraction of sp³-hybridized carbons (Fsp3) is 0.529. The minimum atomic E-state index is 0. The Hall–Kier alpha value is -1.59. The van der Waals surface area contributed by atoms with Crippen LogP contribution in [0.25, 0.3) is 0 Å². The van der Waals surface area contributed by atoms with E-state index in [0.29, 0.717) is 0 Å². The Bertz CT molecular complexity index is 557. The topological polar surface area (TPSA) is 84.2 Å². The van der Waals surface area contributed by atoms with Crippen molar-refractivity contribution in [1.29, 1.82) is 0 Å². The van der Waals surface area contributed by atoms with Gasteiger partial charge in [0.25, 0.3) is 0 Å². The molecule has 0 saturated heterocycles. The van der Waals surface area contributed by atoms with Gasteiger partial charge in [0.05, 0.1) is 0 Å². The Morgan fingerprint density at radius 1 is 0.870 bits per heavy atom. The van der Waals surface area contributed by atoms with Gasteiger partial charge in [0.15, 0.2) is 0 Å². The van der Waals surface area contributed by atoms with Gasteiger partial charge in [0, 0.05) is 29.3 Å². The largest absolute Gasteiger partial charge is 0.328 e. The third kappa shape index (κ3) is 4.94. The van der Waals surface area contributed by atoms with Gasteiger partial charge >= 0.3 is 0 Å². The molecule has 5 nitrogen and oxygen atoms in total. The highest BCUT2D eigenvalue weighted by Gasteiger charge is 2.29. The molecule has 3 rings (SSSR count). The second-order valence-electron chi connectivity index (χ2n) is 6.45. The van der Waals surface area contributed by atoms with Crippen LogP contribution >= 0.6 is 12.4 Å². The van der Waals surface area contributed by atoms with Crippen LogP contribution < -0.4 is 16.4 Å². The molecule has 4 N–H and O–H groups in total. The molecule has 0 radical (unpaired) electrons. The van der Waals surface area contributed by atoms with Crippen molar-refractivity contribution in [1.82, 2.24) is 0 Å². The molecule has 0 heterocycles. The Balaban J connectivity index is 0.00000192. The molecule has 2 atom stereocenters. The number of halogens is 1. The van der Waals surface area contributed by atoms with E-state index in [2.05, 4.69) is 10.6 Å². The molecule has 2 fully saturated rings. The van der Waals surface area contributed by atoms with E-state index in [9.17, 15) is 9.59 Å². The Labute approximate surface area is 142 Å². The summed E-state index contributed by atoms with van der Waals surface area (Å²) in [7, 11) is 0. The molecule has 2 aliphatic carbocycles. The van der Waals surface area contributed by atoms with E-state index in [0.717, 1.165) is 49.9 Å². The third-order valence-corrected chi connectivity index (χ3v) is 4.45. The minimum Gasteiger partial charge on any atom is -0.328 e. The molecule has 0 bridgehead atoms. The van der Waals surface area contributed by atoms with Crippen LogP contribution in [0.3, 0.4) is 0 Å². The summed E-state index contributed by atoms with van der Waals surface area (Å²) in [5.41, 5.74) is 7.46. The van der Waals surface area contributed by atoms with Crippen LogP contribution in [0.5, 0.6) is 0 Å². The van der Waals surface area contributed by atoms with Gasteiger partial charge in [-0.3, -0.25) is 9.59 Å². The number of nitrogens with two attached hydrogens (primary N) is 1. The molecular formula is C17H24ClN3O2. The van der Waals surface area contributed by atoms with Crippen LogP contribution in [-0.2, 0) is 9.59 Å². The van der Waals surface area contributed by atoms with Gasteiger partial charge in [0.1, 0.15) is 0 Å². The lowest BCUT2D eigenvalue weighted by Gasteiger charge is -2.25. The van der Waals surface area contributed by atoms with Crippen LogP contribution in [0.15, 0.2) is 24.3 Å². The van der Waals surface area contributed by atoms with Crippen molar-refractivity contribution in [3.63, 3.8) is 0 Å². The second-order valence-corrected chi connectivity index (χ2v) is 6.45. The number of rotatable bonds is 4. The maximum absolute atomic E-state index is 12.2. The molecule has 2 unspecified atom stereocenters. The number of benzene rings is 1. The normalized spacial score (nSPS) is 23.5. The number of nitrogens with one attached hydrogen (secondary N) is 2. The predicted molar refractivity (Wildman–Crippen MR) is 93.6 cm³/mol. The van der Waals surface area contributed by atoms with Gasteiger partial charge in [-0.2, -0.15) is 0 Å². The van der Waals surface area contributed by atoms with Gasteiger partial charge in [-0.05, 0) is 56.4 Å². The van der Waals surface area contributed by atoms with Crippen LogP contribution in [0.2, 0.25) is 0 Å². The quantitative estimate of drug-likeness (QED) is 0.789. The summed E-state index contributed by atoms with van der Waals surface area (Å²) < 4.78 is 0. The highest BCUT2D eigenvalue weighted by molar-refractivity contribution is 5.95. The Morgan fingerprint density at radius 2 is 1.39 bits per heavy atom. The summed E-state index contributed by atoms with van der Waals surface area (Å²) in [5.74, 6) is 0.339. The Kier molecular flexibility index (Phi) is 6.02. The SMILES string of the molecule is Cl.NC1CCCC(C(=O)Nc2ccc(NC(=O)C3CC3)cc2)C1. The maximum atomic E-state index is 12.2. The van der Waals surface area contributed by atoms with E-state index in [1.807, 2.05) is 24.3 Å². The lowest BCUT2D eigenvalue weighted by atomic mass is 9.85. The molecule has 2 amide bonds. The van der Waals surface area contributed by atoms with Crippen molar-refractivity contribution in [2.24, 2.45) is 17.6 Å². The van der Waals surface area contributed by atoms with Crippen LogP contribution in [0, 0.1) is 11.8 Å². The van der Waals surface area contributed by atoms with E-state index in [-0.39, 0.29) is 42.1 Å². The summed E-state index contributed by atoms with van der Waals surface area (Å²) >= 11 is 0. The number of carbonyl (C=O) groups excluding carboxylic acids is 2. The van der Waals surface area contributed by atoms with Crippen LogP contribution in [0.1, 0.15) is 38.5 Å². The molecule has 1 aromatic carbocycles. The predicted octanol–water partition coefficient (Wildman–Crippen LogP) is 2.91. The van der Waals surface area contributed by atoms with Crippen molar-refractivity contribution in [2.45, 2.75) is 44.6 Å². The number of amides is 2. The molecule has 1 aromatic rings. The van der Waals surface area contributed by atoms with Crippen molar-refractivity contribution in [3.8, 4) is 0 Å². The first-order chi connectivity index (χ1) is 10.6. The summed E-state index contributed by atoms with van der Waals surface area (Å²) in [6.45, 7) is 0. The van der Waals surface area contributed by atoms with E-state index in [1.54, 1.807) is 0 Å². The van der Waals surface area contributed by atoms with E-state index in [1.165, 1.54) is 0 Å². The van der Waals surface area contributed by atoms with E-state index < -0.39 is 0 Å². The molecule has 0 spiro atoms. The molecule has 0 aliphatic heterocycles. The van der Waals surface area contributed by atoms with Crippen LogP contribution in [0.4, 0.5) is 11.4 Å². The number of carbonyl (C=O) groups is 2. The molecule has 2 saturated carbocycles. The Morgan fingerprint density at radius 3 is 1.87 bits per heavy atom. The zero-order valence-electron chi connectivity index (χ0n) is 13.1. The lowest BCUT2D eigenvalue weighted by Crippen LogP contribution is -2.34. The molecule has 2 aliphatic rings. The average molecular weight is 338 g/mol. The molecular weight excluding hydrogens is 314 g/mol. The zero-order valence-corrected chi connectivity index (χ0v) is 13.9. The molecule has 6 heteroatoms. The van der Waals surface area contributed by atoms with Crippen molar-refractivity contribution in [3.05, 3.63) is 24.3 Å². The van der Waals surface area contributed by atoms with Gasteiger partial charge in [0.2, 0.25) is 11.8 Å². The number of hydrogen-bond acceptors (Lipinski definition) is 3. The first kappa shape index (κ1) is 17.8.